The van der Waals surface area contributed by atoms with Gasteiger partial charge in [0.25, 0.3) is 0 Å². The van der Waals surface area contributed by atoms with Crippen molar-refractivity contribution < 1.29 is 4.79 Å². The van der Waals surface area contributed by atoms with Crippen molar-refractivity contribution in [1.82, 2.24) is 0 Å². The van der Waals surface area contributed by atoms with Gasteiger partial charge in [-0.05, 0) is 31.4 Å². The third-order valence-electron chi connectivity index (χ3n) is 2.91. The number of rotatable bonds is 5. The van der Waals surface area contributed by atoms with Gasteiger partial charge < -0.3 is 5.73 Å². The molecule has 0 saturated carbocycles. The van der Waals surface area contributed by atoms with Gasteiger partial charge in [0.15, 0.2) is 0 Å². The molecule has 0 bridgehead atoms. The van der Waals surface area contributed by atoms with Gasteiger partial charge >= 0.3 is 0 Å². The van der Waals surface area contributed by atoms with Crippen LogP contribution < -0.4 is 5.73 Å². The summed E-state index contributed by atoms with van der Waals surface area (Å²) in [6, 6.07) is 6.24. The largest absolute Gasteiger partial charge is 0.327 e. The van der Waals surface area contributed by atoms with Crippen molar-refractivity contribution in [3.8, 4) is 0 Å². The lowest BCUT2D eigenvalue weighted by atomic mass is 9.98. The maximum atomic E-state index is 11.8. The number of carbonyl (C=O) groups is 1. The summed E-state index contributed by atoms with van der Waals surface area (Å²) in [4.78, 5) is 11.8. The Morgan fingerprint density at radius 2 is 2.06 bits per heavy atom. The van der Waals surface area contributed by atoms with Gasteiger partial charge in [0.05, 0.1) is 0 Å². The first-order chi connectivity index (χ1) is 7.52. The fraction of sp³-hybridized carbons (Fsp3) is 0.500. The predicted octanol–water partition coefficient (Wildman–Crippen LogP) is 2.54. The Morgan fingerprint density at radius 1 is 1.38 bits per heavy atom. The molecule has 2 N–H and O–H groups in total. The standard InChI is InChI=1S/C14H21NO/c1-4-13(15)9-14(16)8-12-7-10(2)5-6-11(12)3/h5-7,13H,4,8-9,15H2,1-3H3. The van der Waals surface area contributed by atoms with Gasteiger partial charge in [-0.3, -0.25) is 4.79 Å². The summed E-state index contributed by atoms with van der Waals surface area (Å²) in [7, 11) is 0. The van der Waals surface area contributed by atoms with Gasteiger partial charge in [0.1, 0.15) is 5.78 Å². The van der Waals surface area contributed by atoms with E-state index in [0.717, 1.165) is 12.0 Å². The minimum absolute atomic E-state index is 0.0117. The van der Waals surface area contributed by atoms with E-state index in [9.17, 15) is 4.79 Å². The first-order valence-corrected chi connectivity index (χ1v) is 5.86. The van der Waals surface area contributed by atoms with Gasteiger partial charge in [-0.1, -0.05) is 30.7 Å². The van der Waals surface area contributed by atoms with Crippen LogP contribution in [0.3, 0.4) is 0 Å². The van der Waals surface area contributed by atoms with Crippen LogP contribution in [0.25, 0.3) is 0 Å². The highest BCUT2D eigenvalue weighted by Crippen LogP contribution is 2.12. The Labute approximate surface area is 97.9 Å². The molecule has 1 unspecified atom stereocenters. The lowest BCUT2D eigenvalue weighted by Crippen LogP contribution is -2.23. The highest BCUT2D eigenvalue weighted by molar-refractivity contribution is 5.81. The number of carbonyl (C=O) groups excluding carboxylic acids is 1. The zero-order valence-corrected chi connectivity index (χ0v) is 10.4. The van der Waals surface area contributed by atoms with Gasteiger partial charge in [-0.2, -0.15) is 0 Å². The van der Waals surface area contributed by atoms with Crippen LogP contribution in [0.5, 0.6) is 0 Å². The highest BCUT2D eigenvalue weighted by Gasteiger charge is 2.10. The normalized spacial score (nSPS) is 12.5. The number of hydrogen-bond acceptors (Lipinski definition) is 2. The van der Waals surface area contributed by atoms with Crippen LogP contribution >= 0.6 is 0 Å². The van der Waals surface area contributed by atoms with Crippen LogP contribution in [0, 0.1) is 13.8 Å². The summed E-state index contributed by atoms with van der Waals surface area (Å²) in [6.07, 6.45) is 1.86. The fourth-order valence-electron chi connectivity index (χ4n) is 1.71. The zero-order valence-electron chi connectivity index (χ0n) is 10.4. The molecule has 16 heavy (non-hydrogen) atoms. The average Bonchev–Trinajstić information content (AvgIpc) is 2.23. The monoisotopic (exact) mass is 219 g/mol. The minimum atomic E-state index is 0.0117. The van der Waals surface area contributed by atoms with E-state index in [4.69, 9.17) is 5.73 Å². The molecule has 0 aromatic heterocycles. The number of aryl methyl sites for hydroxylation is 2. The number of nitrogens with two attached hydrogens (primary N) is 1. The highest BCUT2D eigenvalue weighted by atomic mass is 16.1. The molecule has 1 aromatic rings. The molecule has 0 fully saturated rings. The van der Waals surface area contributed by atoms with Gasteiger partial charge in [0.2, 0.25) is 0 Å². The SMILES string of the molecule is CCC(N)CC(=O)Cc1cc(C)ccc1C. The van der Waals surface area contributed by atoms with Crippen LogP contribution in [0.15, 0.2) is 18.2 Å². The molecule has 1 rings (SSSR count). The Kier molecular flexibility index (Phi) is 4.69. The molecule has 0 spiro atoms. The quantitative estimate of drug-likeness (QED) is 0.827. The smallest absolute Gasteiger partial charge is 0.138 e. The second-order valence-electron chi connectivity index (χ2n) is 4.52. The van der Waals surface area contributed by atoms with Crippen LogP contribution in [-0.2, 0) is 11.2 Å². The molecule has 0 amide bonds. The zero-order chi connectivity index (χ0) is 12.1. The van der Waals surface area contributed by atoms with E-state index >= 15 is 0 Å². The van der Waals surface area contributed by atoms with E-state index in [0.29, 0.717) is 12.8 Å². The van der Waals surface area contributed by atoms with Crippen LogP contribution in [-0.4, -0.2) is 11.8 Å². The van der Waals surface area contributed by atoms with E-state index in [-0.39, 0.29) is 11.8 Å². The van der Waals surface area contributed by atoms with E-state index in [1.54, 1.807) is 0 Å². The van der Waals surface area contributed by atoms with Crippen molar-refractivity contribution in [2.45, 2.75) is 46.1 Å². The molecule has 2 heteroatoms. The molecule has 1 atom stereocenters. The van der Waals surface area contributed by atoms with Crippen molar-refractivity contribution in [1.29, 1.82) is 0 Å². The third kappa shape index (κ3) is 3.78. The van der Waals surface area contributed by atoms with E-state index in [1.807, 2.05) is 20.8 Å². The Bertz CT molecular complexity index is 371. The van der Waals surface area contributed by atoms with Crippen molar-refractivity contribution in [2.24, 2.45) is 5.73 Å². The lowest BCUT2D eigenvalue weighted by molar-refractivity contribution is -0.118. The second-order valence-corrected chi connectivity index (χ2v) is 4.52. The molecule has 1 aromatic carbocycles. The number of ketones is 1. The first kappa shape index (κ1) is 12.9. The molecule has 0 heterocycles. The molecule has 88 valence electrons. The molecule has 0 aliphatic rings. The Morgan fingerprint density at radius 3 is 2.69 bits per heavy atom. The minimum Gasteiger partial charge on any atom is -0.327 e. The molecular weight excluding hydrogens is 198 g/mol. The molecule has 0 radical (unpaired) electrons. The van der Waals surface area contributed by atoms with Crippen molar-refractivity contribution in [3.63, 3.8) is 0 Å². The molecular formula is C14H21NO. The van der Waals surface area contributed by atoms with Crippen LogP contribution in [0.1, 0.15) is 36.5 Å². The first-order valence-electron chi connectivity index (χ1n) is 5.86. The van der Waals surface area contributed by atoms with Gasteiger partial charge in [-0.15, -0.1) is 0 Å². The topological polar surface area (TPSA) is 43.1 Å². The van der Waals surface area contributed by atoms with Crippen molar-refractivity contribution in [2.75, 3.05) is 0 Å². The summed E-state index contributed by atoms with van der Waals surface area (Å²) in [6.45, 7) is 6.10. The fourth-order valence-corrected chi connectivity index (χ4v) is 1.71. The Balaban J connectivity index is 2.65. The number of Topliss-reactive ketones (excluding diaryl/α,β-unsaturated/α-hetero) is 1. The van der Waals surface area contributed by atoms with Crippen molar-refractivity contribution >= 4 is 5.78 Å². The Hall–Kier alpha value is -1.15. The predicted molar refractivity (Wildman–Crippen MR) is 67.5 cm³/mol. The molecule has 0 aliphatic carbocycles. The summed E-state index contributed by atoms with van der Waals surface area (Å²) in [5, 5.41) is 0. The summed E-state index contributed by atoms with van der Waals surface area (Å²) < 4.78 is 0. The molecule has 0 aliphatic heterocycles. The van der Waals surface area contributed by atoms with E-state index in [1.165, 1.54) is 11.1 Å². The maximum absolute atomic E-state index is 11.8. The van der Waals surface area contributed by atoms with E-state index in [2.05, 4.69) is 18.2 Å². The number of benzene rings is 1. The second kappa shape index (κ2) is 5.80. The lowest BCUT2D eigenvalue weighted by Gasteiger charge is -2.09. The van der Waals surface area contributed by atoms with Gasteiger partial charge in [0, 0.05) is 18.9 Å². The maximum Gasteiger partial charge on any atom is 0.138 e. The average molecular weight is 219 g/mol. The van der Waals surface area contributed by atoms with E-state index < -0.39 is 0 Å². The summed E-state index contributed by atoms with van der Waals surface area (Å²) in [5.41, 5.74) is 9.29. The number of hydrogen-bond donors (Lipinski definition) is 1. The van der Waals surface area contributed by atoms with Gasteiger partial charge in [-0.25, -0.2) is 0 Å². The third-order valence-corrected chi connectivity index (χ3v) is 2.91. The van der Waals surface area contributed by atoms with Crippen LogP contribution in [0.2, 0.25) is 0 Å². The van der Waals surface area contributed by atoms with Crippen LogP contribution in [0.4, 0.5) is 0 Å². The summed E-state index contributed by atoms with van der Waals surface area (Å²) in [5.74, 6) is 0.239. The molecule has 2 nitrogen and oxygen atoms in total. The molecule has 0 saturated heterocycles. The summed E-state index contributed by atoms with van der Waals surface area (Å²) >= 11 is 0. The van der Waals surface area contributed by atoms with Crippen molar-refractivity contribution in [3.05, 3.63) is 34.9 Å².